The number of halogens is 1. The van der Waals surface area contributed by atoms with E-state index in [1.54, 1.807) is 4.68 Å². The second-order valence-electron chi connectivity index (χ2n) is 3.91. The smallest absolute Gasteiger partial charge is 0.358 e. The monoisotopic (exact) mass is 247 g/mol. The Kier molecular flexibility index (Phi) is 2.64. The van der Waals surface area contributed by atoms with Crippen molar-refractivity contribution in [3.05, 3.63) is 21.3 Å². The molecule has 7 heteroatoms. The van der Waals surface area contributed by atoms with Gasteiger partial charge in [-0.05, 0) is 23.5 Å². The van der Waals surface area contributed by atoms with Crippen molar-refractivity contribution >= 4 is 30.0 Å². The number of rotatable bonds is 4. The van der Waals surface area contributed by atoms with E-state index < -0.39 is 4.92 Å². The first-order valence-corrected chi connectivity index (χ1v) is 5.56. The molecule has 1 aromatic rings. The molecule has 15 heavy (non-hydrogen) atoms. The predicted molar refractivity (Wildman–Crippen MR) is 59.4 cm³/mol. The first-order chi connectivity index (χ1) is 7.06. The fourth-order valence-electron chi connectivity index (χ4n) is 1.48. The molecule has 0 bridgehead atoms. The lowest BCUT2D eigenvalue weighted by Gasteiger charge is -2.07. The van der Waals surface area contributed by atoms with Crippen LogP contribution in [-0.2, 0) is 6.54 Å². The maximum Gasteiger partial charge on any atom is 0.408 e. The lowest BCUT2D eigenvalue weighted by atomic mass is 10.1. The number of nitro groups is 1. The van der Waals surface area contributed by atoms with E-state index in [4.69, 9.17) is 11.6 Å². The third kappa shape index (κ3) is 2.10. The molecular weight excluding hydrogens is 238 g/mol. The van der Waals surface area contributed by atoms with Gasteiger partial charge in [0.25, 0.3) is 0 Å². The Morgan fingerprint density at radius 2 is 2.40 bits per heavy atom. The predicted octanol–water partition coefficient (Wildman–Crippen LogP) is 2.15. The van der Waals surface area contributed by atoms with Gasteiger partial charge in [0.05, 0.1) is 17.8 Å². The van der Waals surface area contributed by atoms with Crippen LogP contribution in [0.3, 0.4) is 0 Å². The van der Waals surface area contributed by atoms with Crippen molar-refractivity contribution in [3.8, 4) is 0 Å². The van der Waals surface area contributed by atoms with E-state index >= 15 is 0 Å². The molecule has 5 nitrogen and oxygen atoms in total. The first-order valence-electron chi connectivity index (χ1n) is 4.54. The summed E-state index contributed by atoms with van der Waals surface area (Å²) < 4.78 is 1.55. The fourth-order valence-corrected chi connectivity index (χ4v) is 2.11. The number of hydrogen-bond donors (Lipinski definition) is 1. The highest BCUT2D eigenvalue weighted by Gasteiger charge is 2.43. The lowest BCUT2D eigenvalue weighted by molar-refractivity contribution is -0.389. The van der Waals surface area contributed by atoms with Crippen LogP contribution in [0.15, 0.2) is 6.20 Å². The summed E-state index contributed by atoms with van der Waals surface area (Å²) in [6.45, 7) is 0.657. The number of hydrogen-bond acceptors (Lipinski definition) is 4. The summed E-state index contributed by atoms with van der Waals surface area (Å²) in [4.78, 5) is 9.95. The zero-order valence-corrected chi connectivity index (χ0v) is 9.54. The van der Waals surface area contributed by atoms with Crippen molar-refractivity contribution in [1.82, 2.24) is 9.78 Å². The standard InChI is InChI=1S/C8H10ClN3O2S/c9-6-3-11(10-7(6)12(13)14)4-8(5-15)1-2-8/h3,15H,1-2,4-5H2. The minimum Gasteiger partial charge on any atom is -0.358 e. The summed E-state index contributed by atoms with van der Waals surface area (Å²) in [7, 11) is 0. The Morgan fingerprint density at radius 1 is 1.73 bits per heavy atom. The molecule has 2 rings (SSSR count). The zero-order chi connectivity index (χ0) is 11.1. The van der Waals surface area contributed by atoms with Crippen LogP contribution in [0.2, 0.25) is 5.02 Å². The van der Waals surface area contributed by atoms with Gasteiger partial charge in [-0.15, -0.1) is 0 Å². The van der Waals surface area contributed by atoms with Crippen molar-refractivity contribution < 1.29 is 4.92 Å². The molecule has 0 atom stereocenters. The van der Waals surface area contributed by atoms with Crippen LogP contribution in [0.1, 0.15) is 12.8 Å². The Balaban J connectivity index is 2.16. The van der Waals surface area contributed by atoms with Crippen molar-refractivity contribution in [1.29, 1.82) is 0 Å². The lowest BCUT2D eigenvalue weighted by Crippen LogP contribution is -2.13. The summed E-state index contributed by atoms with van der Waals surface area (Å²) in [5.74, 6) is 0.504. The fraction of sp³-hybridized carbons (Fsp3) is 0.625. The Bertz CT molecular complexity index is 403. The maximum absolute atomic E-state index is 10.5. The Morgan fingerprint density at radius 3 is 2.80 bits per heavy atom. The number of nitrogens with zero attached hydrogens (tertiary/aromatic N) is 3. The highest BCUT2D eigenvalue weighted by atomic mass is 35.5. The molecule has 0 saturated heterocycles. The van der Waals surface area contributed by atoms with Crippen LogP contribution in [0.4, 0.5) is 5.82 Å². The van der Waals surface area contributed by atoms with Crippen molar-refractivity contribution in [2.24, 2.45) is 5.41 Å². The van der Waals surface area contributed by atoms with Crippen LogP contribution in [0.25, 0.3) is 0 Å². The molecule has 1 aromatic heterocycles. The van der Waals surface area contributed by atoms with Gasteiger partial charge in [-0.2, -0.15) is 17.3 Å². The Labute approximate surface area is 97.0 Å². The van der Waals surface area contributed by atoms with Crippen molar-refractivity contribution in [2.45, 2.75) is 19.4 Å². The summed E-state index contributed by atoms with van der Waals surface area (Å²) in [6.07, 6.45) is 3.70. The van der Waals surface area contributed by atoms with Gasteiger partial charge in [0.2, 0.25) is 0 Å². The van der Waals surface area contributed by atoms with E-state index in [0.717, 1.165) is 18.6 Å². The van der Waals surface area contributed by atoms with Gasteiger partial charge in [-0.3, -0.25) is 0 Å². The van der Waals surface area contributed by atoms with Gasteiger partial charge in [-0.1, -0.05) is 11.6 Å². The molecule has 82 valence electrons. The molecule has 0 N–H and O–H groups in total. The van der Waals surface area contributed by atoms with E-state index in [9.17, 15) is 10.1 Å². The molecule has 0 unspecified atom stereocenters. The molecular formula is C8H10ClN3O2S. The molecule has 0 aromatic carbocycles. The van der Waals surface area contributed by atoms with Crippen LogP contribution < -0.4 is 0 Å². The van der Waals surface area contributed by atoms with Crippen LogP contribution in [0.5, 0.6) is 0 Å². The first kappa shape index (κ1) is 10.8. The minimum absolute atomic E-state index is 0.0926. The third-order valence-corrected chi connectivity index (χ3v) is 3.60. The number of thiol groups is 1. The van der Waals surface area contributed by atoms with Gasteiger partial charge in [0, 0.05) is 5.41 Å². The van der Waals surface area contributed by atoms with Gasteiger partial charge in [0.1, 0.15) is 0 Å². The van der Waals surface area contributed by atoms with E-state index in [-0.39, 0.29) is 16.3 Å². The van der Waals surface area contributed by atoms with Gasteiger partial charge < -0.3 is 10.1 Å². The zero-order valence-electron chi connectivity index (χ0n) is 7.89. The summed E-state index contributed by atoms with van der Waals surface area (Å²) in [6, 6.07) is 0. The Hall–Kier alpha value is -0.750. The van der Waals surface area contributed by atoms with Gasteiger partial charge >= 0.3 is 5.82 Å². The molecule has 1 fully saturated rings. The van der Waals surface area contributed by atoms with E-state index in [2.05, 4.69) is 17.7 Å². The average molecular weight is 248 g/mol. The molecule has 0 amide bonds. The van der Waals surface area contributed by atoms with E-state index in [1.807, 2.05) is 0 Å². The summed E-state index contributed by atoms with van der Waals surface area (Å²) in [5, 5.41) is 14.4. The molecule has 1 aliphatic rings. The highest BCUT2D eigenvalue weighted by Crippen LogP contribution is 2.48. The highest BCUT2D eigenvalue weighted by molar-refractivity contribution is 7.80. The largest absolute Gasteiger partial charge is 0.408 e. The quantitative estimate of drug-likeness (QED) is 0.504. The SMILES string of the molecule is O=[N+]([O-])c1nn(CC2(CS)CC2)cc1Cl. The second kappa shape index (κ2) is 3.68. The van der Waals surface area contributed by atoms with Crippen LogP contribution in [-0.4, -0.2) is 20.5 Å². The van der Waals surface area contributed by atoms with Crippen LogP contribution in [0, 0.1) is 15.5 Å². The maximum atomic E-state index is 10.5. The average Bonchev–Trinajstić information content (AvgIpc) is 2.84. The van der Waals surface area contributed by atoms with E-state index in [1.165, 1.54) is 6.20 Å². The molecule has 0 aliphatic heterocycles. The van der Waals surface area contributed by atoms with Gasteiger partial charge in [-0.25, -0.2) is 0 Å². The summed E-state index contributed by atoms with van der Waals surface area (Å²) in [5.41, 5.74) is 0.173. The minimum atomic E-state index is -0.570. The molecule has 1 saturated carbocycles. The normalized spacial score (nSPS) is 17.7. The second-order valence-corrected chi connectivity index (χ2v) is 4.64. The van der Waals surface area contributed by atoms with Gasteiger partial charge in [0.15, 0.2) is 5.02 Å². The summed E-state index contributed by atoms with van der Waals surface area (Å²) >= 11 is 9.95. The number of aromatic nitrogens is 2. The molecule has 1 heterocycles. The van der Waals surface area contributed by atoms with E-state index in [0.29, 0.717) is 6.54 Å². The molecule has 1 aliphatic carbocycles. The van der Waals surface area contributed by atoms with Crippen molar-refractivity contribution in [3.63, 3.8) is 0 Å². The topological polar surface area (TPSA) is 61.0 Å². The van der Waals surface area contributed by atoms with Crippen molar-refractivity contribution in [2.75, 3.05) is 5.75 Å². The van der Waals surface area contributed by atoms with Crippen LogP contribution >= 0.6 is 24.2 Å². The molecule has 0 radical (unpaired) electrons. The molecule has 0 spiro atoms. The third-order valence-electron chi connectivity index (χ3n) is 2.66.